The van der Waals surface area contributed by atoms with E-state index in [-0.39, 0.29) is 5.54 Å². The van der Waals surface area contributed by atoms with Crippen LogP contribution in [0.2, 0.25) is 0 Å². The maximum Gasteiger partial charge on any atom is 0.0614 e. The third-order valence-corrected chi connectivity index (χ3v) is 4.51. The first-order chi connectivity index (χ1) is 8.73. The Kier molecular flexibility index (Phi) is 5.05. The van der Waals surface area contributed by atoms with Crippen molar-refractivity contribution in [1.29, 1.82) is 0 Å². The molecular formula is C15H30N2O. The predicted molar refractivity (Wildman–Crippen MR) is 75.8 cm³/mol. The molecule has 2 fully saturated rings. The van der Waals surface area contributed by atoms with Crippen molar-refractivity contribution in [3.05, 3.63) is 0 Å². The molecule has 0 radical (unpaired) electrons. The minimum atomic E-state index is 0.0333. The lowest BCUT2D eigenvalue weighted by Crippen LogP contribution is -2.49. The average molecular weight is 254 g/mol. The summed E-state index contributed by atoms with van der Waals surface area (Å²) in [6.07, 6.45) is 8.62. The van der Waals surface area contributed by atoms with E-state index in [1.165, 1.54) is 45.2 Å². The Hall–Kier alpha value is -0.120. The molecule has 106 valence electrons. The molecule has 2 N–H and O–H groups in total. The Bertz CT molecular complexity index is 249. The molecule has 0 heterocycles. The summed E-state index contributed by atoms with van der Waals surface area (Å²) >= 11 is 0. The van der Waals surface area contributed by atoms with Gasteiger partial charge in [-0.2, -0.15) is 0 Å². The van der Waals surface area contributed by atoms with Crippen molar-refractivity contribution in [3.63, 3.8) is 0 Å². The van der Waals surface area contributed by atoms with Crippen molar-refractivity contribution >= 4 is 0 Å². The zero-order valence-electron chi connectivity index (χ0n) is 12.1. The van der Waals surface area contributed by atoms with Crippen LogP contribution in [-0.4, -0.2) is 47.3 Å². The third kappa shape index (κ3) is 3.46. The van der Waals surface area contributed by atoms with E-state index in [4.69, 9.17) is 0 Å². The average Bonchev–Trinajstić information content (AvgIpc) is 3.07. The molecule has 3 heteroatoms. The summed E-state index contributed by atoms with van der Waals surface area (Å²) in [6.45, 7) is 7.26. The number of hydrogen-bond acceptors (Lipinski definition) is 3. The molecular weight excluding hydrogens is 224 g/mol. The summed E-state index contributed by atoms with van der Waals surface area (Å²) in [4.78, 5) is 2.64. The molecule has 2 rings (SSSR count). The zero-order chi connectivity index (χ0) is 13.0. The molecule has 0 aromatic carbocycles. The molecule has 3 nitrogen and oxygen atoms in total. The molecule has 0 aromatic rings. The van der Waals surface area contributed by atoms with Gasteiger partial charge < -0.3 is 15.3 Å². The summed E-state index contributed by atoms with van der Waals surface area (Å²) < 4.78 is 0. The van der Waals surface area contributed by atoms with Crippen LogP contribution >= 0.6 is 0 Å². The Balaban J connectivity index is 1.90. The Labute approximate surface area is 112 Å². The molecule has 0 saturated heterocycles. The molecule has 18 heavy (non-hydrogen) atoms. The quantitative estimate of drug-likeness (QED) is 0.696. The van der Waals surface area contributed by atoms with Crippen LogP contribution in [0.15, 0.2) is 0 Å². The molecule has 0 spiro atoms. The van der Waals surface area contributed by atoms with Gasteiger partial charge in [0.05, 0.1) is 6.61 Å². The molecule has 0 aliphatic heterocycles. The van der Waals surface area contributed by atoms with E-state index in [1.807, 2.05) is 0 Å². The smallest absolute Gasteiger partial charge is 0.0614 e. The third-order valence-electron chi connectivity index (χ3n) is 4.51. The van der Waals surface area contributed by atoms with Crippen LogP contribution in [0.25, 0.3) is 0 Å². The van der Waals surface area contributed by atoms with E-state index in [0.717, 1.165) is 12.8 Å². The van der Waals surface area contributed by atoms with Crippen LogP contribution in [-0.2, 0) is 0 Å². The molecule has 0 amide bonds. The van der Waals surface area contributed by atoms with E-state index in [0.29, 0.717) is 18.7 Å². The van der Waals surface area contributed by atoms with Gasteiger partial charge in [-0.15, -0.1) is 0 Å². The van der Waals surface area contributed by atoms with Crippen molar-refractivity contribution in [1.82, 2.24) is 10.2 Å². The lowest BCUT2D eigenvalue weighted by atomic mass is 9.98. The Morgan fingerprint density at radius 3 is 2.33 bits per heavy atom. The number of hydrogen-bond donors (Lipinski definition) is 2. The summed E-state index contributed by atoms with van der Waals surface area (Å²) in [5, 5.41) is 13.5. The molecule has 2 aliphatic rings. The normalized spacial score (nSPS) is 32.3. The van der Waals surface area contributed by atoms with Crippen molar-refractivity contribution in [2.45, 2.75) is 76.4 Å². The topological polar surface area (TPSA) is 35.5 Å². The number of rotatable bonds is 8. The first-order valence-corrected chi connectivity index (χ1v) is 7.85. The van der Waals surface area contributed by atoms with Gasteiger partial charge in [-0.25, -0.2) is 0 Å². The Morgan fingerprint density at radius 2 is 1.83 bits per heavy atom. The second kappa shape index (κ2) is 6.36. The van der Waals surface area contributed by atoms with Crippen LogP contribution in [0.1, 0.15) is 58.8 Å². The minimum absolute atomic E-state index is 0.0333. The highest BCUT2D eigenvalue weighted by molar-refractivity contribution is 5.03. The van der Waals surface area contributed by atoms with E-state index in [1.54, 1.807) is 0 Å². The van der Waals surface area contributed by atoms with Gasteiger partial charge in [0.2, 0.25) is 0 Å². The molecule has 2 aliphatic carbocycles. The predicted octanol–water partition coefficient (Wildman–Crippen LogP) is 2.14. The maximum atomic E-state index is 9.77. The molecule has 0 aromatic heterocycles. The monoisotopic (exact) mass is 254 g/mol. The van der Waals surface area contributed by atoms with E-state index in [9.17, 15) is 5.11 Å². The number of aliphatic hydroxyl groups is 1. The van der Waals surface area contributed by atoms with Crippen LogP contribution in [0.4, 0.5) is 0 Å². The standard InChI is InChI=1S/C15H30N2O/c1-3-9-17(10-4-2)14-7-8-15(11-14,12-18)16-13-5-6-13/h13-14,16,18H,3-12H2,1-2H3. The van der Waals surface area contributed by atoms with Gasteiger partial charge in [0.1, 0.15) is 0 Å². The molecule has 0 bridgehead atoms. The highest BCUT2D eigenvalue weighted by Gasteiger charge is 2.43. The lowest BCUT2D eigenvalue weighted by molar-refractivity contribution is 0.140. The SMILES string of the molecule is CCCN(CCC)C1CCC(CO)(NC2CC2)C1. The van der Waals surface area contributed by atoms with Gasteiger partial charge in [-0.3, -0.25) is 0 Å². The van der Waals surface area contributed by atoms with E-state index < -0.39 is 0 Å². The number of nitrogens with one attached hydrogen (secondary N) is 1. The van der Waals surface area contributed by atoms with Gasteiger partial charge in [0.25, 0.3) is 0 Å². The zero-order valence-corrected chi connectivity index (χ0v) is 12.1. The van der Waals surface area contributed by atoms with Gasteiger partial charge >= 0.3 is 0 Å². The molecule has 2 atom stereocenters. The summed E-state index contributed by atoms with van der Waals surface area (Å²) in [5.41, 5.74) is 0.0333. The summed E-state index contributed by atoms with van der Waals surface area (Å²) in [5.74, 6) is 0. The fourth-order valence-electron chi connectivity index (χ4n) is 3.44. The van der Waals surface area contributed by atoms with Gasteiger partial charge in [0, 0.05) is 17.6 Å². The van der Waals surface area contributed by atoms with Gasteiger partial charge in [-0.05, 0) is 58.0 Å². The van der Waals surface area contributed by atoms with Crippen LogP contribution in [0.5, 0.6) is 0 Å². The van der Waals surface area contributed by atoms with E-state index >= 15 is 0 Å². The molecule has 2 unspecified atom stereocenters. The highest BCUT2D eigenvalue weighted by Crippen LogP contribution is 2.36. The van der Waals surface area contributed by atoms with Crippen molar-refractivity contribution in [3.8, 4) is 0 Å². The number of aliphatic hydroxyl groups excluding tert-OH is 1. The first kappa shape index (κ1) is 14.3. The number of nitrogens with zero attached hydrogens (tertiary/aromatic N) is 1. The van der Waals surface area contributed by atoms with Crippen molar-refractivity contribution in [2.75, 3.05) is 19.7 Å². The maximum absolute atomic E-state index is 9.77. The first-order valence-electron chi connectivity index (χ1n) is 7.85. The second-order valence-electron chi connectivity index (χ2n) is 6.29. The Morgan fingerprint density at radius 1 is 1.17 bits per heavy atom. The van der Waals surface area contributed by atoms with Crippen LogP contribution in [0, 0.1) is 0 Å². The van der Waals surface area contributed by atoms with Crippen molar-refractivity contribution in [2.24, 2.45) is 0 Å². The van der Waals surface area contributed by atoms with Crippen molar-refractivity contribution < 1.29 is 5.11 Å². The van der Waals surface area contributed by atoms with Crippen LogP contribution < -0.4 is 5.32 Å². The fourth-order valence-corrected chi connectivity index (χ4v) is 3.44. The lowest BCUT2D eigenvalue weighted by Gasteiger charge is -2.32. The van der Waals surface area contributed by atoms with Gasteiger partial charge in [-0.1, -0.05) is 13.8 Å². The van der Waals surface area contributed by atoms with E-state index in [2.05, 4.69) is 24.1 Å². The largest absolute Gasteiger partial charge is 0.394 e. The van der Waals surface area contributed by atoms with Gasteiger partial charge in [0.15, 0.2) is 0 Å². The molecule has 2 saturated carbocycles. The summed E-state index contributed by atoms with van der Waals surface area (Å²) in [7, 11) is 0. The van der Waals surface area contributed by atoms with Crippen LogP contribution in [0.3, 0.4) is 0 Å². The minimum Gasteiger partial charge on any atom is -0.394 e. The highest BCUT2D eigenvalue weighted by atomic mass is 16.3. The second-order valence-corrected chi connectivity index (χ2v) is 6.29. The fraction of sp³-hybridized carbons (Fsp3) is 1.00. The summed E-state index contributed by atoms with van der Waals surface area (Å²) in [6, 6.07) is 1.38.